The minimum atomic E-state index is -0.626. The first-order chi connectivity index (χ1) is 15.1. The van der Waals surface area contributed by atoms with Gasteiger partial charge in [-0.1, -0.05) is 57.2 Å². The van der Waals surface area contributed by atoms with E-state index in [0.29, 0.717) is 6.54 Å². The highest BCUT2D eigenvalue weighted by Crippen LogP contribution is 2.28. The van der Waals surface area contributed by atoms with Gasteiger partial charge in [-0.3, -0.25) is 19.4 Å². The van der Waals surface area contributed by atoms with Gasteiger partial charge in [0.15, 0.2) is 0 Å². The second kappa shape index (κ2) is 7.79. The largest absolute Gasteiger partial charge is 0.343 e. The van der Waals surface area contributed by atoms with Crippen molar-refractivity contribution in [3.63, 3.8) is 0 Å². The van der Waals surface area contributed by atoms with Crippen LogP contribution in [0.25, 0.3) is 16.8 Å². The van der Waals surface area contributed by atoms with Gasteiger partial charge in [-0.15, -0.1) is 0 Å². The fraction of sp³-hybridized carbons (Fsp3) is 0.269. The van der Waals surface area contributed by atoms with Crippen LogP contribution in [0.3, 0.4) is 0 Å². The standard InChI is InChI=1S/C26H27N3O3/c1-26(2,3)20-13-21(14-22-23(30)27(4)25(32)28(5)24(22)31)29(16-20)15-17-10-11-18-8-6-7-9-19(18)12-17/h6-14,16H,15H2,1-5H3. The van der Waals surface area contributed by atoms with Crippen molar-refractivity contribution in [2.24, 2.45) is 0 Å². The highest BCUT2D eigenvalue weighted by molar-refractivity contribution is 6.30. The van der Waals surface area contributed by atoms with Crippen LogP contribution in [0, 0.1) is 0 Å². The molecule has 0 saturated carbocycles. The highest BCUT2D eigenvalue weighted by Gasteiger charge is 2.38. The number of amides is 4. The van der Waals surface area contributed by atoms with Crippen LogP contribution in [-0.2, 0) is 21.5 Å². The van der Waals surface area contributed by atoms with Gasteiger partial charge < -0.3 is 4.57 Å². The van der Waals surface area contributed by atoms with E-state index in [9.17, 15) is 14.4 Å². The summed E-state index contributed by atoms with van der Waals surface area (Å²) >= 11 is 0. The molecule has 0 bridgehead atoms. The minimum Gasteiger partial charge on any atom is -0.343 e. The lowest BCUT2D eigenvalue weighted by Crippen LogP contribution is -2.52. The number of hydrogen-bond donors (Lipinski definition) is 0. The van der Waals surface area contributed by atoms with Gasteiger partial charge in [0.2, 0.25) is 0 Å². The van der Waals surface area contributed by atoms with Crippen LogP contribution in [0.5, 0.6) is 0 Å². The Labute approximate surface area is 187 Å². The molecule has 164 valence electrons. The van der Waals surface area contributed by atoms with Crippen molar-refractivity contribution in [2.75, 3.05) is 14.1 Å². The van der Waals surface area contributed by atoms with Crippen molar-refractivity contribution in [2.45, 2.75) is 32.7 Å². The average molecular weight is 430 g/mol. The first-order valence-electron chi connectivity index (χ1n) is 10.6. The van der Waals surface area contributed by atoms with E-state index in [-0.39, 0.29) is 11.0 Å². The highest BCUT2D eigenvalue weighted by atomic mass is 16.2. The van der Waals surface area contributed by atoms with Crippen molar-refractivity contribution in [3.05, 3.63) is 77.1 Å². The summed E-state index contributed by atoms with van der Waals surface area (Å²) in [6, 6.07) is 15.9. The number of aromatic nitrogens is 1. The van der Waals surface area contributed by atoms with Crippen LogP contribution in [0.2, 0.25) is 0 Å². The van der Waals surface area contributed by atoms with E-state index in [1.165, 1.54) is 19.5 Å². The smallest absolute Gasteiger partial charge is 0.333 e. The van der Waals surface area contributed by atoms with Crippen LogP contribution in [0.4, 0.5) is 4.79 Å². The van der Waals surface area contributed by atoms with Gasteiger partial charge in [0.05, 0.1) is 0 Å². The van der Waals surface area contributed by atoms with Gasteiger partial charge in [-0.05, 0) is 45.5 Å². The molecule has 0 spiro atoms. The van der Waals surface area contributed by atoms with E-state index in [1.807, 2.05) is 18.2 Å². The Hall–Kier alpha value is -3.67. The van der Waals surface area contributed by atoms with E-state index >= 15 is 0 Å². The third-order valence-electron chi connectivity index (χ3n) is 5.90. The van der Waals surface area contributed by atoms with Crippen molar-refractivity contribution >= 4 is 34.7 Å². The predicted octanol–water partition coefficient (Wildman–Crippen LogP) is 4.42. The number of urea groups is 1. The Morgan fingerprint density at radius 1 is 0.844 bits per heavy atom. The Morgan fingerprint density at radius 2 is 1.47 bits per heavy atom. The molecule has 1 fully saturated rings. The number of carbonyl (C=O) groups excluding carboxylic acids is 3. The van der Waals surface area contributed by atoms with E-state index in [1.54, 1.807) is 6.08 Å². The van der Waals surface area contributed by atoms with E-state index in [0.717, 1.165) is 32.0 Å². The van der Waals surface area contributed by atoms with Gasteiger partial charge in [0, 0.05) is 32.5 Å². The number of fused-ring (bicyclic) bond motifs is 1. The number of carbonyl (C=O) groups is 3. The van der Waals surface area contributed by atoms with Crippen LogP contribution < -0.4 is 0 Å². The molecule has 32 heavy (non-hydrogen) atoms. The van der Waals surface area contributed by atoms with Crippen molar-refractivity contribution < 1.29 is 14.4 Å². The van der Waals surface area contributed by atoms with Crippen molar-refractivity contribution in [1.82, 2.24) is 14.4 Å². The first-order valence-corrected chi connectivity index (χ1v) is 10.6. The molecule has 1 aliphatic rings. The summed E-state index contributed by atoms with van der Waals surface area (Å²) in [6.45, 7) is 6.96. The number of barbiturate groups is 1. The summed E-state index contributed by atoms with van der Waals surface area (Å²) in [7, 11) is 2.77. The van der Waals surface area contributed by atoms with Crippen molar-refractivity contribution in [3.8, 4) is 0 Å². The summed E-state index contributed by atoms with van der Waals surface area (Å²) in [5.41, 5.74) is 2.83. The number of rotatable bonds is 3. The molecule has 0 N–H and O–H groups in total. The second-order valence-corrected chi connectivity index (χ2v) is 9.28. The normalized spacial score (nSPS) is 15.2. The Kier molecular flexibility index (Phi) is 5.25. The molecule has 6 heteroatoms. The molecule has 2 aromatic carbocycles. The van der Waals surface area contributed by atoms with E-state index < -0.39 is 17.8 Å². The quantitative estimate of drug-likeness (QED) is 0.457. The lowest BCUT2D eigenvalue weighted by atomic mass is 9.89. The average Bonchev–Trinajstić information content (AvgIpc) is 3.16. The third-order valence-corrected chi connectivity index (χ3v) is 5.90. The summed E-state index contributed by atoms with van der Waals surface area (Å²) in [6.07, 6.45) is 3.67. The molecule has 1 saturated heterocycles. The first kappa shape index (κ1) is 21.6. The molecule has 0 aliphatic carbocycles. The summed E-state index contributed by atoms with van der Waals surface area (Å²) in [4.78, 5) is 39.4. The van der Waals surface area contributed by atoms with E-state index in [2.05, 4.69) is 61.9 Å². The molecule has 2 heterocycles. The molecule has 1 aliphatic heterocycles. The maximum absolute atomic E-state index is 12.7. The van der Waals surface area contributed by atoms with Gasteiger partial charge in [0.1, 0.15) is 5.57 Å². The maximum Gasteiger partial charge on any atom is 0.333 e. The second-order valence-electron chi connectivity index (χ2n) is 9.28. The Bertz CT molecular complexity index is 1250. The topological polar surface area (TPSA) is 62.6 Å². The van der Waals surface area contributed by atoms with Crippen LogP contribution in [0.15, 0.2) is 60.3 Å². The van der Waals surface area contributed by atoms with Gasteiger partial charge in [-0.25, -0.2) is 4.79 Å². The number of imide groups is 2. The molecular weight excluding hydrogens is 402 g/mol. The SMILES string of the molecule is CN1C(=O)C(=Cc2cc(C(C)(C)C)cn2Cc2ccc3ccccc3c2)C(=O)N(C)C1=O. The number of likely N-dealkylation sites (N-methyl/N-ethyl adjacent to an activating group) is 2. The maximum atomic E-state index is 12.7. The third kappa shape index (κ3) is 3.84. The Balaban J connectivity index is 1.78. The van der Waals surface area contributed by atoms with Crippen molar-refractivity contribution in [1.29, 1.82) is 0 Å². The lowest BCUT2D eigenvalue weighted by molar-refractivity contribution is -0.134. The summed E-state index contributed by atoms with van der Waals surface area (Å²) < 4.78 is 2.05. The molecule has 6 nitrogen and oxygen atoms in total. The number of hydrogen-bond acceptors (Lipinski definition) is 3. The monoisotopic (exact) mass is 429 g/mol. The molecule has 0 atom stereocenters. The molecular formula is C26H27N3O3. The number of nitrogens with zero attached hydrogens (tertiary/aromatic N) is 3. The summed E-state index contributed by atoms with van der Waals surface area (Å²) in [5, 5.41) is 2.34. The van der Waals surface area contributed by atoms with Gasteiger partial charge >= 0.3 is 6.03 Å². The molecule has 1 aromatic heterocycles. The fourth-order valence-electron chi connectivity index (χ4n) is 3.85. The van der Waals surface area contributed by atoms with Crippen LogP contribution in [-0.4, -0.2) is 46.3 Å². The van der Waals surface area contributed by atoms with Crippen LogP contribution in [0.1, 0.15) is 37.6 Å². The van der Waals surface area contributed by atoms with Gasteiger partial charge in [0.25, 0.3) is 11.8 Å². The molecule has 3 aromatic rings. The molecule has 0 unspecified atom stereocenters. The van der Waals surface area contributed by atoms with Crippen LogP contribution >= 0.6 is 0 Å². The summed E-state index contributed by atoms with van der Waals surface area (Å²) in [5.74, 6) is -1.18. The molecule has 4 rings (SSSR count). The molecule has 4 amide bonds. The predicted molar refractivity (Wildman–Crippen MR) is 125 cm³/mol. The zero-order chi connectivity index (χ0) is 23.2. The number of benzene rings is 2. The fourth-order valence-corrected chi connectivity index (χ4v) is 3.85. The van der Waals surface area contributed by atoms with Gasteiger partial charge in [-0.2, -0.15) is 0 Å². The van der Waals surface area contributed by atoms with E-state index in [4.69, 9.17) is 0 Å². The zero-order valence-electron chi connectivity index (χ0n) is 19.0. The zero-order valence-corrected chi connectivity index (χ0v) is 19.0. The Morgan fingerprint density at radius 3 is 2.09 bits per heavy atom. The minimum absolute atomic E-state index is 0.0204. The molecule has 0 radical (unpaired) electrons. The lowest BCUT2D eigenvalue weighted by Gasteiger charge is -2.28.